The lowest BCUT2D eigenvalue weighted by molar-refractivity contribution is 0.376. The van der Waals surface area contributed by atoms with Crippen molar-refractivity contribution in [2.75, 3.05) is 24.5 Å². The van der Waals surface area contributed by atoms with Crippen LogP contribution in [0, 0.1) is 0 Å². The number of rotatable bonds is 1. The van der Waals surface area contributed by atoms with Crippen LogP contribution in [0.15, 0.2) is 12.1 Å². The Morgan fingerprint density at radius 2 is 1.94 bits per heavy atom. The Bertz CT molecular complexity index is 403. The van der Waals surface area contributed by atoms with E-state index in [-0.39, 0.29) is 11.0 Å². The molecular formula is C14H24N4. The standard InChI is InChI=1S/C14H24N4/c1-13(2,3)11-6-7-12(17-16-11)18-9-8-15-10-14(18,4)5/h6-7,15H,8-10H2,1-5H3. The minimum Gasteiger partial charge on any atom is -0.347 e. The molecule has 0 radical (unpaired) electrons. The maximum Gasteiger partial charge on any atom is 0.151 e. The van der Waals surface area contributed by atoms with E-state index in [1.807, 2.05) is 0 Å². The zero-order valence-corrected chi connectivity index (χ0v) is 12.1. The molecule has 18 heavy (non-hydrogen) atoms. The smallest absolute Gasteiger partial charge is 0.151 e. The van der Waals surface area contributed by atoms with Crippen molar-refractivity contribution in [1.82, 2.24) is 15.5 Å². The molecule has 2 rings (SSSR count). The van der Waals surface area contributed by atoms with Crippen LogP contribution in [-0.2, 0) is 5.41 Å². The molecule has 100 valence electrons. The number of hydrogen-bond acceptors (Lipinski definition) is 4. The summed E-state index contributed by atoms with van der Waals surface area (Å²) in [6, 6.07) is 4.20. The molecule has 0 spiro atoms. The average molecular weight is 248 g/mol. The first-order valence-corrected chi connectivity index (χ1v) is 6.63. The number of anilines is 1. The maximum absolute atomic E-state index is 4.41. The van der Waals surface area contributed by atoms with Crippen molar-refractivity contribution in [3.05, 3.63) is 17.8 Å². The van der Waals surface area contributed by atoms with Gasteiger partial charge in [0.1, 0.15) is 0 Å². The third-order valence-electron chi connectivity index (χ3n) is 3.50. The summed E-state index contributed by atoms with van der Waals surface area (Å²) in [5.41, 5.74) is 1.19. The molecule has 1 aromatic heterocycles. The fourth-order valence-electron chi connectivity index (χ4n) is 2.28. The SMILES string of the molecule is CC(C)(C)c1ccc(N2CCNCC2(C)C)nn1. The summed E-state index contributed by atoms with van der Waals surface area (Å²) in [4.78, 5) is 2.34. The molecule has 1 aliphatic heterocycles. The molecule has 1 aliphatic rings. The van der Waals surface area contributed by atoms with Crippen molar-refractivity contribution >= 4 is 5.82 Å². The van der Waals surface area contributed by atoms with E-state index < -0.39 is 0 Å². The predicted molar refractivity (Wildman–Crippen MR) is 75.0 cm³/mol. The van der Waals surface area contributed by atoms with Crippen LogP contribution in [0.3, 0.4) is 0 Å². The molecule has 4 nitrogen and oxygen atoms in total. The molecule has 0 saturated carbocycles. The highest BCUT2D eigenvalue weighted by atomic mass is 15.3. The van der Waals surface area contributed by atoms with E-state index in [4.69, 9.17) is 0 Å². The van der Waals surface area contributed by atoms with Crippen molar-refractivity contribution < 1.29 is 0 Å². The van der Waals surface area contributed by atoms with Gasteiger partial charge in [0.05, 0.1) is 5.69 Å². The third-order valence-corrected chi connectivity index (χ3v) is 3.50. The van der Waals surface area contributed by atoms with Gasteiger partial charge in [0.15, 0.2) is 5.82 Å². The topological polar surface area (TPSA) is 41.0 Å². The van der Waals surface area contributed by atoms with E-state index in [0.29, 0.717) is 0 Å². The minimum absolute atomic E-state index is 0.0600. The van der Waals surface area contributed by atoms with E-state index in [9.17, 15) is 0 Å². The minimum atomic E-state index is 0.0600. The summed E-state index contributed by atoms with van der Waals surface area (Å²) in [7, 11) is 0. The molecule has 0 atom stereocenters. The Morgan fingerprint density at radius 3 is 2.44 bits per heavy atom. The van der Waals surface area contributed by atoms with E-state index >= 15 is 0 Å². The molecule has 0 aromatic carbocycles. The third kappa shape index (κ3) is 2.64. The lowest BCUT2D eigenvalue weighted by Crippen LogP contribution is -2.58. The van der Waals surface area contributed by atoms with E-state index in [1.165, 1.54) is 0 Å². The molecule has 1 fully saturated rings. The Morgan fingerprint density at radius 1 is 1.22 bits per heavy atom. The van der Waals surface area contributed by atoms with Crippen LogP contribution in [0.4, 0.5) is 5.82 Å². The van der Waals surface area contributed by atoms with E-state index in [1.54, 1.807) is 0 Å². The number of hydrogen-bond donors (Lipinski definition) is 1. The second kappa shape index (κ2) is 4.50. The van der Waals surface area contributed by atoms with Gasteiger partial charge >= 0.3 is 0 Å². The number of aromatic nitrogens is 2. The molecular weight excluding hydrogens is 224 g/mol. The first-order chi connectivity index (χ1) is 8.31. The average Bonchev–Trinajstić information content (AvgIpc) is 2.27. The highest BCUT2D eigenvalue weighted by Crippen LogP contribution is 2.25. The summed E-state index contributed by atoms with van der Waals surface area (Å²) >= 11 is 0. The molecule has 1 saturated heterocycles. The first kappa shape index (κ1) is 13.3. The van der Waals surface area contributed by atoms with Crippen LogP contribution < -0.4 is 10.2 Å². The fourth-order valence-corrected chi connectivity index (χ4v) is 2.28. The predicted octanol–water partition coefficient (Wildman–Crippen LogP) is 1.96. The summed E-state index contributed by atoms with van der Waals surface area (Å²) in [5, 5.41) is 12.2. The maximum atomic E-state index is 4.41. The van der Waals surface area contributed by atoms with Gasteiger partial charge in [-0.25, -0.2) is 0 Å². The van der Waals surface area contributed by atoms with Crippen molar-refractivity contribution in [1.29, 1.82) is 0 Å². The van der Waals surface area contributed by atoms with Crippen LogP contribution in [-0.4, -0.2) is 35.4 Å². The Hall–Kier alpha value is -1.16. The normalized spacial score (nSPS) is 19.9. The largest absolute Gasteiger partial charge is 0.347 e. The number of nitrogens with one attached hydrogen (secondary N) is 1. The Kier molecular flexibility index (Phi) is 3.32. The molecule has 1 aromatic rings. The summed E-state index contributed by atoms with van der Waals surface area (Å²) < 4.78 is 0. The molecule has 0 aliphatic carbocycles. The summed E-state index contributed by atoms with van der Waals surface area (Å²) in [6.45, 7) is 13.9. The summed E-state index contributed by atoms with van der Waals surface area (Å²) in [5.74, 6) is 0.981. The second-order valence-electron chi connectivity index (χ2n) is 6.67. The number of nitrogens with zero attached hydrogens (tertiary/aromatic N) is 3. The van der Waals surface area contributed by atoms with Gasteiger partial charge in [-0.2, -0.15) is 5.10 Å². The van der Waals surface area contributed by atoms with Crippen LogP contribution in [0.1, 0.15) is 40.3 Å². The molecule has 2 heterocycles. The van der Waals surface area contributed by atoms with Gasteiger partial charge < -0.3 is 10.2 Å². The van der Waals surface area contributed by atoms with Crippen molar-refractivity contribution in [2.24, 2.45) is 0 Å². The summed E-state index contributed by atoms with van der Waals surface area (Å²) in [6.07, 6.45) is 0. The van der Waals surface area contributed by atoms with Gasteiger partial charge in [0.25, 0.3) is 0 Å². The highest BCUT2D eigenvalue weighted by molar-refractivity contribution is 5.42. The van der Waals surface area contributed by atoms with Crippen LogP contribution in [0.5, 0.6) is 0 Å². The quantitative estimate of drug-likeness (QED) is 0.825. The lowest BCUT2D eigenvalue weighted by atomic mass is 9.92. The molecule has 4 heteroatoms. The Labute approximate surface area is 110 Å². The zero-order valence-electron chi connectivity index (χ0n) is 12.1. The highest BCUT2D eigenvalue weighted by Gasteiger charge is 2.30. The van der Waals surface area contributed by atoms with Gasteiger partial charge in [-0.3, -0.25) is 0 Å². The second-order valence-corrected chi connectivity index (χ2v) is 6.67. The molecule has 0 unspecified atom stereocenters. The van der Waals surface area contributed by atoms with Crippen molar-refractivity contribution in [2.45, 2.75) is 45.6 Å². The van der Waals surface area contributed by atoms with Crippen molar-refractivity contribution in [3.8, 4) is 0 Å². The monoisotopic (exact) mass is 248 g/mol. The van der Waals surface area contributed by atoms with E-state index in [2.05, 4.69) is 67.2 Å². The molecule has 1 N–H and O–H groups in total. The number of piperazine rings is 1. The van der Waals surface area contributed by atoms with Gasteiger partial charge in [-0.05, 0) is 26.0 Å². The Balaban J connectivity index is 2.24. The van der Waals surface area contributed by atoms with Gasteiger partial charge in [0.2, 0.25) is 0 Å². The fraction of sp³-hybridized carbons (Fsp3) is 0.714. The van der Waals surface area contributed by atoms with E-state index in [0.717, 1.165) is 31.1 Å². The van der Waals surface area contributed by atoms with Gasteiger partial charge in [0, 0.05) is 30.6 Å². The van der Waals surface area contributed by atoms with Crippen LogP contribution in [0.2, 0.25) is 0 Å². The first-order valence-electron chi connectivity index (χ1n) is 6.63. The van der Waals surface area contributed by atoms with Crippen LogP contribution >= 0.6 is 0 Å². The zero-order chi connectivity index (χ0) is 13.4. The van der Waals surface area contributed by atoms with Gasteiger partial charge in [-0.15, -0.1) is 5.10 Å². The van der Waals surface area contributed by atoms with Gasteiger partial charge in [-0.1, -0.05) is 20.8 Å². The lowest BCUT2D eigenvalue weighted by Gasteiger charge is -2.43. The molecule has 0 amide bonds. The molecule has 0 bridgehead atoms. The van der Waals surface area contributed by atoms with Crippen LogP contribution in [0.25, 0.3) is 0 Å². The van der Waals surface area contributed by atoms with Crippen molar-refractivity contribution in [3.63, 3.8) is 0 Å².